The third-order valence-corrected chi connectivity index (χ3v) is 2.81. The Morgan fingerprint density at radius 1 is 1.22 bits per heavy atom. The van der Waals surface area contributed by atoms with E-state index in [1.807, 2.05) is 43.3 Å². The smallest absolute Gasteiger partial charge is 0.210 e. The van der Waals surface area contributed by atoms with Gasteiger partial charge in [-0.15, -0.1) is 10.2 Å². The fourth-order valence-corrected chi connectivity index (χ4v) is 1.61. The van der Waals surface area contributed by atoms with Gasteiger partial charge in [0.25, 0.3) is 0 Å². The molecule has 0 heterocycles. The fraction of sp³-hybridized carbons (Fsp3) is 0.333. The summed E-state index contributed by atoms with van der Waals surface area (Å²) >= 11 is 1.19. The molecule has 0 aromatic heterocycles. The lowest BCUT2D eigenvalue weighted by atomic mass is 10.3. The number of aliphatic imine (C=N–C) groups is 1. The molecule has 0 atom stereocenters. The molecule has 18 heavy (non-hydrogen) atoms. The third kappa shape index (κ3) is 4.67. The Kier molecular flexibility index (Phi) is 5.51. The van der Waals surface area contributed by atoms with Crippen LogP contribution in [0.5, 0.6) is 0 Å². The van der Waals surface area contributed by atoms with Crippen LogP contribution in [0.1, 0.15) is 6.92 Å². The minimum absolute atomic E-state index is 0.442. The number of hydrogen-bond acceptors (Lipinski definition) is 5. The molecular formula is C12H17N5S. The van der Waals surface area contributed by atoms with Crippen LogP contribution < -0.4 is 4.90 Å². The molecule has 0 spiro atoms. The van der Waals surface area contributed by atoms with Crippen LogP contribution in [0.3, 0.4) is 0 Å². The summed E-state index contributed by atoms with van der Waals surface area (Å²) in [5.74, 6) is 0. The van der Waals surface area contributed by atoms with Crippen LogP contribution in [-0.2, 0) is 0 Å². The van der Waals surface area contributed by atoms with Crippen LogP contribution in [-0.4, -0.2) is 31.4 Å². The standard InChI is InChI=1S/C12H17N5S/c1-9(13)18-12(14-2)16-15-10-5-7-11(8-6-10)17(3)4/h5-8,13H,1-4H3. The van der Waals surface area contributed by atoms with E-state index < -0.39 is 0 Å². The maximum Gasteiger partial charge on any atom is 0.210 e. The Labute approximate surface area is 112 Å². The molecule has 0 saturated carbocycles. The highest BCUT2D eigenvalue weighted by molar-refractivity contribution is 8.26. The molecule has 1 aromatic carbocycles. The second-order valence-electron chi connectivity index (χ2n) is 3.78. The first-order valence-corrected chi connectivity index (χ1v) is 6.23. The van der Waals surface area contributed by atoms with E-state index in [0.29, 0.717) is 10.2 Å². The van der Waals surface area contributed by atoms with Gasteiger partial charge in [-0.3, -0.25) is 10.4 Å². The van der Waals surface area contributed by atoms with E-state index in [2.05, 4.69) is 15.2 Å². The lowest BCUT2D eigenvalue weighted by Crippen LogP contribution is -2.07. The number of benzene rings is 1. The Morgan fingerprint density at radius 3 is 2.28 bits per heavy atom. The Bertz CT molecular complexity index is 462. The molecule has 5 nitrogen and oxygen atoms in total. The lowest BCUT2D eigenvalue weighted by Gasteiger charge is -2.11. The molecule has 0 aliphatic rings. The lowest BCUT2D eigenvalue weighted by molar-refractivity contribution is 1.13. The van der Waals surface area contributed by atoms with E-state index in [-0.39, 0.29) is 0 Å². The SMILES string of the molecule is CN=C(N=Nc1ccc(N(C)C)cc1)SC(C)=N. The molecule has 1 aromatic rings. The Balaban J connectivity index is 2.74. The van der Waals surface area contributed by atoms with Crippen molar-refractivity contribution in [3.05, 3.63) is 24.3 Å². The van der Waals surface area contributed by atoms with Gasteiger partial charge in [-0.2, -0.15) is 0 Å². The van der Waals surface area contributed by atoms with Crippen molar-refractivity contribution >= 4 is 33.3 Å². The topological polar surface area (TPSA) is 64.2 Å². The molecule has 0 bridgehead atoms. The number of nitrogens with one attached hydrogen (secondary N) is 1. The number of amidine groups is 1. The minimum Gasteiger partial charge on any atom is -0.378 e. The number of thioether (sulfide) groups is 1. The highest BCUT2D eigenvalue weighted by atomic mass is 32.2. The van der Waals surface area contributed by atoms with Crippen molar-refractivity contribution < 1.29 is 0 Å². The maximum atomic E-state index is 7.36. The van der Waals surface area contributed by atoms with E-state index in [4.69, 9.17) is 5.41 Å². The Hall–Kier alpha value is -1.69. The van der Waals surface area contributed by atoms with Crippen molar-refractivity contribution in [3.8, 4) is 0 Å². The van der Waals surface area contributed by atoms with Gasteiger partial charge in [-0.1, -0.05) is 0 Å². The largest absolute Gasteiger partial charge is 0.378 e. The second-order valence-corrected chi connectivity index (χ2v) is 4.96. The molecule has 0 saturated heterocycles. The van der Waals surface area contributed by atoms with Crippen molar-refractivity contribution in [1.29, 1.82) is 5.41 Å². The van der Waals surface area contributed by atoms with Gasteiger partial charge < -0.3 is 4.90 Å². The van der Waals surface area contributed by atoms with Crippen molar-refractivity contribution in [2.75, 3.05) is 26.0 Å². The quantitative estimate of drug-likeness (QED) is 0.504. The first-order valence-electron chi connectivity index (χ1n) is 5.42. The molecule has 1 N–H and O–H groups in total. The number of nitrogens with zero attached hydrogens (tertiary/aromatic N) is 4. The van der Waals surface area contributed by atoms with Crippen LogP contribution in [0.25, 0.3) is 0 Å². The van der Waals surface area contributed by atoms with Gasteiger partial charge >= 0.3 is 0 Å². The van der Waals surface area contributed by atoms with Crippen molar-refractivity contribution in [2.45, 2.75) is 6.92 Å². The van der Waals surface area contributed by atoms with Crippen LogP contribution in [0.15, 0.2) is 39.5 Å². The van der Waals surface area contributed by atoms with Crippen LogP contribution >= 0.6 is 11.8 Å². The highest BCUT2D eigenvalue weighted by Gasteiger charge is 1.99. The van der Waals surface area contributed by atoms with Crippen molar-refractivity contribution in [2.24, 2.45) is 15.2 Å². The summed E-state index contributed by atoms with van der Waals surface area (Å²) in [5.41, 5.74) is 1.88. The molecule has 1 rings (SSSR count). The first-order chi connectivity index (χ1) is 8.52. The molecule has 6 heteroatoms. The number of azo groups is 1. The predicted octanol–water partition coefficient (Wildman–Crippen LogP) is 3.55. The van der Waals surface area contributed by atoms with Gasteiger partial charge in [0.05, 0.1) is 10.7 Å². The molecular weight excluding hydrogens is 246 g/mol. The van der Waals surface area contributed by atoms with Gasteiger partial charge in [0.15, 0.2) is 0 Å². The zero-order valence-corrected chi connectivity index (χ0v) is 11.8. The fourth-order valence-electron chi connectivity index (χ4n) is 1.17. The molecule has 96 valence electrons. The van der Waals surface area contributed by atoms with Crippen LogP contribution in [0.2, 0.25) is 0 Å². The summed E-state index contributed by atoms with van der Waals surface area (Å²) in [6.45, 7) is 1.69. The average molecular weight is 263 g/mol. The zero-order valence-electron chi connectivity index (χ0n) is 11.0. The molecule has 0 aliphatic heterocycles. The number of rotatable bonds is 2. The molecule has 0 fully saturated rings. The summed E-state index contributed by atoms with van der Waals surface area (Å²) in [4.78, 5) is 5.98. The van der Waals surface area contributed by atoms with Gasteiger partial charge in [-0.25, -0.2) is 0 Å². The zero-order chi connectivity index (χ0) is 13.5. The van der Waals surface area contributed by atoms with E-state index >= 15 is 0 Å². The van der Waals surface area contributed by atoms with E-state index in [0.717, 1.165) is 11.4 Å². The Morgan fingerprint density at radius 2 is 1.83 bits per heavy atom. The van der Waals surface area contributed by atoms with Gasteiger partial charge in [0.2, 0.25) is 5.17 Å². The second kappa shape index (κ2) is 6.90. The van der Waals surface area contributed by atoms with Crippen LogP contribution in [0, 0.1) is 5.41 Å². The van der Waals surface area contributed by atoms with E-state index in [1.165, 1.54) is 11.8 Å². The van der Waals surface area contributed by atoms with Gasteiger partial charge in [0, 0.05) is 26.8 Å². The average Bonchev–Trinajstić information content (AvgIpc) is 2.34. The number of anilines is 1. The highest BCUT2D eigenvalue weighted by Crippen LogP contribution is 2.19. The minimum atomic E-state index is 0.442. The molecule has 0 unspecified atom stereocenters. The normalized spacial score (nSPS) is 11.9. The summed E-state index contributed by atoms with van der Waals surface area (Å²) in [5, 5.41) is 16.4. The predicted molar refractivity (Wildman–Crippen MR) is 79.6 cm³/mol. The maximum absolute atomic E-state index is 7.36. The number of hydrogen-bond donors (Lipinski definition) is 1. The first kappa shape index (κ1) is 14.4. The summed E-state index contributed by atoms with van der Waals surface area (Å²) in [7, 11) is 5.61. The van der Waals surface area contributed by atoms with E-state index in [9.17, 15) is 0 Å². The van der Waals surface area contributed by atoms with Gasteiger partial charge in [-0.05, 0) is 43.0 Å². The van der Waals surface area contributed by atoms with Gasteiger partial charge in [0.1, 0.15) is 0 Å². The molecule has 0 amide bonds. The molecule has 0 aliphatic carbocycles. The van der Waals surface area contributed by atoms with Crippen molar-refractivity contribution in [3.63, 3.8) is 0 Å². The van der Waals surface area contributed by atoms with E-state index in [1.54, 1.807) is 14.0 Å². The summed E-state index contributed by atoms with van der Waals surface area (Å²) < 4.78 is 0. The third-order valence-electron chi connectivity index (χ3n) is 2.05. The monoisotopic (exact) mass is 263 g/mol. The summed E-state index contributed by atoms with van der Waals surface area (Å²) in [6.07, 6.45) is 0. The van der Waals surface area contributed by atoms with Crippen LogP contribution in [0.4, 0.5) is 11.4 Å². The van der Waals surface area contributed by atoms with Crippen molar-refractivity contribution in [1.82, 2.24) is 0 Å². The summed E-state index contributed by atoms with van der Waals surface area (Å²) in [6, 6.07) is 7.75. The molecule has 0 radical (unpaired) electrons.